The summed E-state index contributed by atoms with van der Waals surface area (Å²) >= 11 is 7.43. The molecule has 7 rings (SSSR count). The molecule has 0 saturated carbocycles. The maximum Gasteiger partial charge on any atom is 0.354 e. The van der Waals surface area contributed by atoms with Gasteiger partial charge in [-0.1, -0.05) is 38.1 Å². The van der Waals surface area contributed by atoms with Crippen molar-refractivity contribution in [1.29, 1.82) is 0 Å². The highest BCUT2D eigenvalue weighted by Crippen LogP contribution is 2.49. The SMILES string of the molecule is C=CC(=O)N1CC(C)N2c3nc(=O)n(-c4c(C)ccnc4C(C)C)c4c(Cl)c(-c5c(C)ccc6[nH]ncc56)c(F)c(c34)OCCC2C1. The second kappa shape index (κ2) is 11.5. The molecule has 47 heavy (non-hydrogen) atoms. The maximum atomic E-state index is 17.3. The van der Waals surface area contributed by atoms with Gasteiger partial charge in [-0.3, -0.25) is 19.4 Å². The van der Waals surface area contributed by atoms with Gasteiger partial charge in [0.2, 0.25) is 5.91 Å². The van der Waals surface area contributed by atoms with Gasteiger partial charge in [-0.2, -0.15) is 10.1 Å². The van der Waals surface area contributed by atoms with Crippen LogP contribution in [0, 0.1) is 19.7 Å². The van der Waals surface area contributed by atoms with Crippen LogP contribution in [0.25, 0.3) is 38.6 Å². The smallest absolute Gasteiger partial charge is 0.354 e. The molecular formula is C35H35ClFN7O3. The first-order valence-corrected chi connectivity index (χ1v) is 16.1. The average molecular weight is 656 g/mol. The molecule has 3 aromatic heterocycles. The van der Waals surface area contributed by atoms with Crippen molar-refractivity contribution in [3.8, 4) is 22.6 Å². The Hall–Kier alpha value is -4.77. The van der Waals surface area contributed by atoms with Gasteiger partial charge in [0, 0.05) is 48.3 Å². The first-order chi connectivity index (χ1) is 22.5. The summed E-state index contributed by atoms with van der Waals surface area (Å²) in [5.41, 5.74) is 3.86. The molecule has 1 amide bonds. The van der Waals surface area contributed by atoms with Crippen molar-refractivity contribution >= 4 is 45.1 Å². The van der Waals surface area contributed by atoms with Crippen LogP contribution in [-0.2, 0) is 4.79 Å². The first-order valence-electron chi connectivity index (χ1n) is 15.7. The normalized spacial score (nSPS) is 17.9. The van der Waals surface area contributed by atoms with E-state index in [4.69, 9.17) is 16.3 Å². The lowest BCUT2D eigenvalue weighted by Gasteiger charge is -2.47. The Morgan fingerprint density at radius 3 is 2.72 bits per heavy atom. The van der Waals surface area contributed by atoms with Gasteiger partial charge < -0.3 is 14.5 Å². The van der Waals surface area contributed by atoms with Crippen molar-refractivity contribution in [2.45, 2.75) is 59.0 Å². The number of hydrogen-bond acceptors (Lipinski definition) is 7. The number of piperazine rings is 1. The number of aromatic nitrogens is 5. The van der Waals surface area contributed by atoms with E-state index in [1.807, 2.05) is 57.7 Å². The Morgan fingerprint density at radius 1 is 1.19 bits per heavy atom. The Kier molecular flexibility index (Phi) is 7.54. The molecular weight excluding hydrogens is 621 g/mol. The van der Waals surface area contributed by atoms with Crippen LogP contribution in [0.3, 0.4) is 0 Å². The van der Waals surface area contributed by atoms with Crippen molar-refractivity contribution in [3.05, 3.63) is 81.4 Å². The highest BCUT2D eigenvalue weighted by molar-refractivity contribution is 6.39. The fourth-order valence-electron chi connectivity index (χ4n) is 7.26. The molecule has 5 heterocycles. The van der Waals surface area contributed by atoms with Crippen molar-refractivity contribution in [2.24, 2.45) is 0 Å². The zero-order chi connectivity index (χ0) is 33.3. The molecule has 2 aliphatic heterocycles. The van der Waals surface area contributed by atoms with Gasteiger partial charge in [0.25, 0.3) is 0 Å². The first kappa shape index (κ1) is 30.9. The van der Waals surface area contributed by atoms with Gasteiger partial charge in [-0.05, 0) is 56.0 Å². The molecule has 242 valence electrons. The van der Waals surface area contributed by atoms with E-state index in [-0.39, 0.29) is 58.2 Å². The Balaban J connectivity index is 1.65. The topological polar surface area (TPSA) is 109 Å². The van der Waals surface area contributed by atoms with Gasteiger partial charge >= 0.3 is 5.69 Å². The van der Waals surface area contributed by atoms with E-state index >= 15 is 4.39 Å². The van der Waals surface area contributed by atoms with Crippen LogP contribution in [0.2, 0.25) is 5.02 Å². The van der Waals surface area contributed by atoms with Crippen LogP contribution < -0.4 is 15.3 Å². The number of hydrogen-bond donors (Lipinski definition) is 1. The molecule has 5 aromatic rings. The summed E-state index contributed by atoms with van der Waals surface area (Å²) in [6, 6.07) is 5.08. The third kappa shape index (κ3) is 4.70. The standard InChI is InChI=1S/C35H35ClFN7O3/c1-7-24(45)42-15-20(6)43-21(16-42)11-13-47-33-27-32(28(36)26(29(33)37)25-18(4)8-9-23-22(25)14-39-41-23)44(35(46)40-34(27)43)31-19(5)10-12-38-30(31)17(2)3/h7-10,12,14,17,20-21H,1,11,13,15-16H2,2-6H3,(H,39,41). The molecule has 0 bridgehead atoms. The highest BCUT2D eigenvalue weighted by atomic mass is 35.5. The quantitative estimate of drug-likeness (QED) is 0.229. The maximum absolute atomic E-state index is 17.3. The molecule has 0 radical (unpaired) electrons. The van der Waals surface area contributed by atoms with Crippen LogP contribution in [-0.4, -0.2) is 67.3 Å². The lowest BCUT2D eigenvalue weighted by atomic mass is 9.93. The molecule has 10 nitrogen and oxygen atoms in total. The lowest BCUT2D eigenvalue weighted by molar-refractivity contribution is -0.127. The predicted molar refractivity (Wildman–Crippen MR) is 181 cm³/mol. The fourth-order valence-corrected chi connectivity index (χ4v) is 7.62. The minimum atomic E-state index is -0.647. The molecule has 2 aliphatic rings. The van der Waals surface area contributed by atoms with Gasteiger partial charge in [-0.15, -0.1) is 0 Å². The Labute approximate surface area is 275 Å². The van der Waals surface area contributed by atoms with Gasteiger partial charge in [0.05, 0.1) is 51.7 Å². The van der Waals surface area contributed by atoms with Crippen molar-refractivity contribution in [1.82, 2.24) is 29.6 Å². The predicted octanol–water partition coefficient (Wildman–Crippen LogP) is 6.23. The largest absolute Gasteiger partial charge is 0.490 e. The summed E-state index contributed by atoms with van der Waals surface area (Å²) in [7, 11) is 0. The molecule has 2 unspecified atom stereocenters. The van der Waals surface area contributed by atoms with Gasteiger partial charge in [0.1, 0.15) is 5.82 Å². The number of halogens is 2. The average Bonchev–Trinajstić information content (AvgIpc) is 3.51. The van der Waals surface area contributed by atoms with E-state index in [1.165, 1.54) is 10.6 Å². The summed E-state index contributed by atoms with van der Waals surface area (Å²) < 4.78 is 25.1. The van der Waals surface area contributed by atoms with E-state index in [0.717, 1.165) is 11.1 Å². The number of nitrogens with one attached hydrogen (secondary N) is 1. The van der Waals surface area contributed by atoms with E-state index in [0.29, 0.717) is 52.7 Å². The monoisotopic (exact) mass is 655 g/mol. The molecule has 1 fully saturated rings. The van der Waals surface area contributed by atoms with Crippen molar-refractivity contribution < 1.29 is 13.9 Å². The number of aryl methyl sites for hydroxylation is 2. The Morgan fingerprint density at radius 2 is 1.98 bits per heavy atom. The second-order valence-corrected chi connectivity index (χ2v) is 13.1. The van der Waals surface area contributed by atoms with Crippen LogP contribution >= 0.6 is 11.6 Å². The lowest BCUT2D eigenvalue weighted by Crippen LogP contribution is -2.60. The molecule has 1 N–H and O–H groups in total. The van der Waals surface area contributed by atoms with Gasteiger partial charge in [0.15, 0.2) is 11.6 Å². The number of amides is 1. The number of H-pyrrole nitrogens is 1. The molecule has 0 aliphatic carbocycles. The van der Waals surface area contributed by atoms with E-state index in [2.05, 4.69) is 26.7 Å². The number of benzene rings is 2. The minimum Gasteiger partial charge on any atom is -0.490 e. The van der Waals surface area contributed by atoms with E-state index in [9.17, 15) is 9.59 Å². The molecule has 1 saturated heterocycles. The zero-order valence-electron chi connectivity index (χ0n) is 26.9. The van der Waals surface area contributed by atoms with Crippen molar-refractivity contribution in [2.75, 3.05) is 24.6 Å². The van der Waals surface area contributed by atoms with Crippen LogP contribution in [0.1, 0.15) is 49.9 Å². The number of carbonyl (C=O) groups is 1. The highest BCUT2D eigenvalue weighted by Gasteiger charge is 2.40. The number of aromatic amines is 1. The number of rotatable bonds is 4. The number of anilines is 1. The number of nitrogens with zero attached hydrogens (tertiary/aromatic N) is 6. The molecule has 2 atom stereocenters. The summed E-state index contributed by atoms with van der Waals surface area (Å²) in [6.07, 6.45) is 5.12. The minimum absolute atomic E-state index is 0.0292. The number of ether oxygens (including phenoxy) is 1. The summed E-state index contributed by atoms with van der Waals surface area (Å²) in [4.78, 5) is 40.3. The summed E-state index contributed by atoms with van der Waals surface area (Å²) in [5, 5.41) is 8.20. The summed E-state index contributed by atoms with van der Waals surface area (Å²) in [6.45, 7) is 14.3. The molecule has 0 spiro atoms. The third-order valence-corrected chi connectivity index (χ3v) is 9.74. The zero-order valence-corrected chi connectivity index (χ0v) is 27.7. The van der Waals surface area contributed by atoms with Crippen LogP contribution in [0.15, 0.2) is 48.0 Å². The number of carbonyl (C=O) groups excluding carboxylic acids is 1. The van der Waals surface area contributed by atoms with Crippen LogP contribution in [0.5, 0.6) is 5.75 Å². The summed E-state index contributed by atoms with van der Waals surface area (Å²) in [5.74, 6) is -0.632. The van der Waals surface area contributed by atoms with Gasteiger partial charge in [-0.25, -0.2) is 9.18 Å². The second-order valence-electron chi connectivity index (χ2n) is 12.7. The third-order valence-electron chi connectivity index (χ3n) is 9.37. The molecule has 2 aromatic carbocycles. The molecule has 12 heteroatoms. The van der Waals surface area contributed by atoms with Crippen molar-refractivity contribution in [3.63, 3.8) is 0 Å². The Bertz CT molecular complexity index is 2180. The van der Waals surface area contributed by atoms with E-state index in [1.54, 1.807) is 17.3 Å². The van der Waals surface area contributed by atoms with E-state index < -0.39 is 11.5 Å². The fraction of sp³-hybridized carbons (Fsp3) is 0.343. The number of fused-ring (bicyclic) bond motifs is 3. The van der Waals surface area contributed by atoms with Crippen LogP contribution in [0.4, 0.5) is 10.2 Å². The number of pyridine rings is 1.